The van der Waals surface area contributed by atoms with Gasteiger partial charge in [-0.25, -0.2) is 4.39 Å². The zero-order valence-corrected chi connectivity index (χ0v) is 13.6. The average molecular weight is 331 g/mol. The Labute approximate surface area is 137 Å². The Morgan fingerprint density at radius 1 is 1.55 bits per heavy atom. The first-order valence-electron chi connectivity index (χ1n) is 7.53. The molecule has 2 N–H and O–H groups in total. The van der Waals surface area contributed by atoms with Crippen molar-refractivity contribution < 1.29 is 13.9 Å². The van der Waals surface area contributed by atoms with Crippen LogP contribution in [-0.2, 0) is 4.79 Å². The van der Waals surface area contributed by atoms with E-state index in [0.29, 0.717) is 24.6 Å². The SMILES string of the molecule is CC(CNC(=O)CCC1CCNC1)Oc1cccc(F)c1.Cl. The monoisotopic (exact) mass is 330 g/mol. The molecule has 0 aromatic heterocycles. The predicted molar refractivity (Wildman–Crippen MR) is 87.0 cm³/mol. The minimum atomic E-state index is -0.325. The third kappa shape index (κ3) is 6.62. The first-order valence-corrected chi connectivity index (χ1v) is 7.53. The predicted octanol–water partition coefficient (Wildman–Crippen LogP) is 2.52. The van der Waals surface area contributed by atoms with Gasteiger partial charge < -0.3 is 15.4 Å². The normalized spacial score (nSPS) is 18.4. The van der Waals surface area contributed by atoms with Crippen molar-refractivity contribution >= 4 is 18.3 Å². The first kappa shape index (κ1) is 18.7. The maximum atomic E-state index is 13.0. The standard InChI is InChI=1S/C16H23FN2O2.ClH/c1-12(21-15-4-2-3-14(17)9-15)10-19-16(20)6-5-13-7-8-18-11-13;/h2-4,9,12-13,18H,5-8,10-11H2,1H3,(H,19,20);1H. The molecule has 2 unspecified atom stereocenters. The molecule has 2 atom stereocenters. The van der Waals surface area contributed by atoms with Gasteiger partial charge in [0.05, 0.1) is 6.54 Å². The summed E-state index contributed by atoms with van der Waals surface area (Å²) in [5, 5.41) is 6.16. The number of carbonyl (C=O) groups is 1. The second-order valence-corrected chi connectivity index (χ2v) is 5.59. The van der Waals surface area contributed by atoms with Crippen LogP contribution in [0.25, 0.3) is 0 Å². The van der Waals surface area contributed by atoms with Gasteiger partial charge in [0.15, 0.2) is 0 Å². The van der Waals surface area contributed by atoms with Crippen LogP contribution in [-0.4, -0.2) is 31.6 Å². The van der Waals surface area contributed by atoms with Crippen molar-refractivity contribution in [3.8, 4) is 5.75 Å². The number of hydrogen-bond donors (Lipinski definition) is 2. The lowest BCUT2D eigenvalue weighted by molar-refractivity contribution is -0.121. The van der Waals surface area contributed by atoms with E-state index in [0.717, 1.165) is 25.9 Å². The van der Waals surface area contributed by atoms with Gasteiger partial charge in [-0.3, -0.25) is 4.79 Å². The molecule has 1 aliphatic heterocycles. The molecule has 1 heterocycles. The Bertz CT molecular complexity index is 467. The van der Waals surface area contributed by atoms with Crippen LogP contribution in [0, 0.1) is 11.7 Å². The van der Waals surface area contributed by atoms with Gasteiger partial charge in [-0.05, 0) is 50.9 Å². The molecule has 1 aromatic carbocycles. The summed E-state index contributed by atoms with van der Waals surface area (Å²) in [5.74, 6) is 0.830. The van der Waals surface area contributed by atoms with Crippen LogP contribution < -0.4 is 15.4 Å². The molecule has 0 saturated carbocycles. The van der Waals surface area contributed by atoms with Crippen LogP contribution >= 0.6 is 12.4 Å². The summed E-state index contributed by atoms with van der Waals surface area (Å²) in [6, 6.07) is 6.02. The van der Waals surface area contributed by atoms with Gasteiger partial charge in [0.2, 0.25) is 5.91 Å². The number of nitrogens with one attached hydrogen (secondary N) is 2. The molecular formula is C16H24ClFN2O2. The van der Waals surface area contributed by atoms with Gasteiger partial charge in [0, 0.05) is 12.5 Å². The van der Waals surface area contributed by atoms with Crippen LogP contribution in [0.1, 0.15) is 26.2 Å². The van der Waals surface area contributed by atoms with E-state index in [2.05, 4.69) is 10.6 Å². The fourth-order valence-corrected chi connectivity index (χ4v) is 2.46. The Morgan fingerprint density at radius 3 is 3.05 bits per heavy atom. The van der Waals surface area contributed by atoms with Crippen molar-refractivity contribution in [3.63, 3.8) is 0 Å². The van der Waals surface area contributed by atoms with Crippen molar-refractivity contribution in [1.82, 2.24) is 10.6 Å². The Hall–Kier alpha value is -1.33. The van der Waals surface area contributed by atoms with Gasteiger partial charge in [-0.2, -0.15) is 0 Å². The van der Waals surface area contributed by atoms with Gasteiger partial charge in [-0.1, -0.05) is 6.07 Å². The molecule has 4 nitrogen and oxygen atoms in total. The second kappa shape index (κ2) is 9.64. The molecule has 2 rings (SSSR count). The number of halogens is 2. The molecule has 6 heteroatoms. The summed E-state index contributed by atoms with van der Waals surface area (Å²) in [6.45, 7) is 4.36. The molecule has 0 aliphatic carbocycles. The van der Waals surface area contributed by atoms with E-state index in [9.17, 15) is 9.18 Å². The highest BCUT2D eigenvalue weighted by atomic mass is 35.5. The Kier molecular flexibility index (Phi) is 8.20. The topological polar surface area (TPSA) is 50.4 Å². The van der Waals surface area contributed by atoms with Crippen LogP contribution in [0.3, 0.4) is 0 Å². The second-order valence-electron chi connectivity index (χ2n) is 5.59. The van der Waals surface area contributed by atoms with E-state index in [4.69, 9.17) is 4.74 Å². The molecule has 0 spiro atoms. The third-order valence-electron chi connectivity index (χ3n) is 3.66. The van der Waals surface area contributed by atoms with Crippen LogP contribution in [0.5, 0.6) is 5.75 Å². The van der Waals surface area contributed by atoms with E-state index in [-0.39, 0.29) is 30.2 Å². The van der Waals surface area contributed by atoms with Crippen molar-refractivity contribution in [2.75, 3.05) is 19.6 Å². The van der Waals surface area contributed by atoms with Crippen molar-refractivity contribution in [2.24, 2.45) is 5.92 Å². The summed E-state index contributed by atoms with van der Waals surface area (Å²) in [4.78, 5) is 11.8. The Morgan fingerprint density at radius 2 is 2.36 bits per heavy atom. The molecule has 124 valence electrons. The number of benzene rings is 1. The molecular weight excluding hydrogens is 307 g/mol. The lowest BCUT2D eigenvalue weighted by atomic mass is 10.0. The summed E-state index contributed by atoms with van der Waals surface area (Å²) < 4.78 is 18.6. The summed E-state index contributed by atoms with van der Waals surface area (Å²) in [6.07, 6.45) is 2.45. The van der Waals surface area contributed by atoms with Crippen molar-refractivity contribution in [2.45, 2.75) is 32.3 Å². The lowest BCUT2D eigenvalue weighted by Gasteiger charge is -2.16. The smallest absolute Gasteiger partial charge is 0.220 e. The van der Waals surface area contributed by atoms with Crippen molar-refractivity contribution in [3.05, 3.63) is 30.1 Å². The number of ether oxygens (including phenoxy) is 1. The van der Waals surface area contributed by atoms with E-state index in [1.807, 2.05) is 6.92 Å². The maximum absolute atomic E-state index is 13.0. The molecule has 22 heavy (non-hydrogen) atoms. The zero-order chi connectivity index (χ0) is 15.1. The molecule has 1 saturated heterocycles. The van der Waals surface area contributed by atoms with E-state index in [1.165, 1.54) is 12.1 Å². The maximum Gasteiger partial charge on any atom is 0.220 e. The highest BCUT2D eigenvalue weighted by Crippen LogP contribution is 2.15. The summed E-state index contributed by atoms with van der Waals surface area (Å²) >= 11 is 0. The fraction of sp³-hybridized carbons (Fsp3) is 0.562. The minimum Gasteiger partial charge on any atom is -0.489 e. The summed E-state index contributed by atoms with van der Waals surface area (Å²) in [5.41, 5.74) is 0. The number of amides is 1. The van der Waals surface area contributed by atoms with Gasteiger partial charge in [0.1, 0.15) is 17.7 Å². The number of rotatable bonds is 7. The molecule has 0 radical (unpaired) electrons. The molecule has 0 bridgehead atoms. The van der Waals surface area contributed by atoms with E-state index < -0.39 is 0 Å². The summed E-state index contributed by atoms with van der Waals surface area (Å²) in [7, 11) is 0. The highest BCUT2D eigenvalue weighted by molar-refractivity contribution is 5.85. The molecule has 1 amide bonds. The fourth-order valence-electron chi connectivity index (χ4n) is 2.46. The molecule has 1 fully saturated rings. The number of hydrogen-bond acceptors (Lipinski definition) is 3. The largest absolute Gasteiger partial charge is 0.489 e. The van der Waals surface area contributed by atoms with Crippen LogP contribution in [0.2, 0.25) is 0 Å². The van der Waals surface area contributed by atoms with E-state index in [1.54, 1.807) is 12.1 Å². The van der Waals surface area contributed by atoms with Gasteiger partial charge >= 0.3 is 0 Å². The first-order chi connectivity index (χ1) is 10.1. The zero-order valence-electron chi connectivity index (χ0n) is 12.8. The molecule has 1 aliphatic rings. The lowest BCUT2D eigenvalue weighted by Crippen LogP contribution is -2.33. The van der Waals surface area contributed by atoms with Gasteiger partial charge in [-0.15, -0.1) is 12.4 Å². The van der Waals surface area contributed by atoms with Crippen molar-refractivity contribution in [1.29, 1.82) is 0 Å². The third-order valence-corrected chi connectivity index (χ3v) is 3.66. The average Bonchev–Trinajstić information content (AvgIpc) is 2.96. The quantitative estimate of drug-likeness (QED) is 0.807. The highest BCUT2D eigenvalue weighted by Gasteiger charge is 2.16. The van der Waals surface area contributed by atoms with Gasteiger partial charge in [0.25, 0.3) is 0 Å². The molecule has 1 aromatic rings. The van der Waals surface area contributed by atoms with E-state index >= 15 is 0 Å². The minimum absolute atomic E-state index is 0. The Balaban J connectivity index is 0.00000242. The number of carbonyl (C=O) groups excluding carboxylic acids is 1. The van der Waals surface area contributed by atoms with Crippen LogP contribution in [0.4, 0.5) is 4.39 Å². The van der Waals surface area contributed by atoms with Crippen LogP contribution in [0.15, 0.2) is 24.3 Å².